The number of anilines is 2. The zero-order valence-electron chi connectivity index (χ0n) is 11.1. The summed E-state index contributed by atoms with van der Waals surface area (Å²) in [6.45, 7) is 2.46. The van der Waals surface area contributed by atoms with Crippen LogP contribution in [-0.4, -0.2) is 17.4 Å². The van der Waals surface area contributed by atoms with Gasteiger partial charge in [0.15, 0.2) is 0 Å². The third-order valence-electron chi connectivity index (χ3n) is 2.62. The Hall–Kier alpha value is -1.47. The molecule has 0 aliphatic carbocycles. The van der Waals surface area contributed by atoms with Crippen molar-refractivity contribution in [2.45, 2.75) is 6.92 Å². The Morgan fingerprint density at radius 3 is 2.76 bits per heavy atom. The third-order valence-corrected chi connectivity index (χ3v) is 3.77. The first kappa shape index (κ1) is 15.9. The summed E-state index contributed by atoms with van der Waals surface area (Å²) < 4.78 is 14.9. The lowest BCUT2D eigenvalue weighted by Crippen LogP contribution is -2.16. The number of amides is 1. The van der Waals surface area contributed by atoms with Gasteiger partial charge in [-0.15, -0.1) is 0 Å². The molecule has 7 heteroatoms. The summed E-state index contributed by atoms with van der Waals surface area (Å²) in [6, 6.07) is 6.51. The molecule has 1 heterocycles. The van der Waals surface area contributed by atoms with E-state index in [1.54, 1.807) is 12.1 Å². The van der Waals surface area contributed by atoms with Crippen LogP contribution in [0.2, 0.25) is 0 Å². The molecule has 1 aromatic heterocycles. The summed E-state index contributed by atoms with van der Waals surface area (Å²) in [6.07, 6.45) is 1.07. The Bertz CT molecular complexity index is 679. The number of aromatic nitrogens is 1. The number of halogens is 3. The van der Waals surface area contributed by atoms with Gasteiger partial charge in [-0.05, 0) is 47.1 Å². The minimum absolute atomic E-state index is 0.159. The molecule has 0 unspecified atom stereocenters. The lowest BCUT2D eigenvalue weighted by atomic mass is 10.2. The highest BCUT2D eigenvalue weighted by Gasteiger charge is 2.15. The van der Waals surface area contributed by atoms with Crippen LogP contribution in [0, 0.1) is 5.82 Å². The van der Waals surface area contributed by atoms with E-state index in [-0.39, 0.29) is 5.56 Å². The number of carbonyl (C=O) groups excluding carboxylic acids is 1. The molecule has 2 N–H and O–H groups in total. The fraction of sp³-hybridized carbons (Fsp3) is 0.143. The zero-order valence-corrected chi connectivity index (χ0v) is 14.3. The standard InChI is InChI=1S/C14H12Br2FN3O/c1-2-18-13-10(6-9(17)7-19-13)14(21)20-12-4-3-8(15)5-11(12)16/h3-7H,2H2,1H3,(H,18,19)(H,20,21). The quantitative estimate of drug-likeness (QED) is 0.775. The van der Waals surface area contributed by atoms with Gasteiger partial charge in [0.05, 0.1) is 17.4 Å². The lowest BCUT2D eigenvalue weighted by Gasteiger charge is -2.11. The largest absolute Gasteiger partial charge is 0.370 e. The normalized spacial score (nSPS) is 10.3. The highest BCUT2D eigenvalue weighted by Crippen LogP contribution is 2.27. The van der Waals surface area contributed by atoms with Gasteiger partial charge < -0.3 is 10.6 Å². The molecule has 0 spiro atoms. The SMILES string of the molecule is CCNc1ncc(F)cc1C(=O)Nc1ccc(Br)cc1Br. The van der Waals surface area contributed by atoms with Gasteiger partial charge in [-0.2, -0.15) is 0 Å². The van der Waals surface area contributed by atoms with E-state index in [4.69, 9.17) is 0 Å². The van der Waals surface area contributed by atoms with Gasteiger partial charge in [0.25, 0.3) is 5.91 Å². The van der Waals surface area contributed by atoms with Crippen molar-refractivity contribution in [2.24, 2.45) is 0 Å². The summed E-state index contributed by atoms with van der Waals surface area (Å²) in [5, 5.41) is 5.66. The first-order valence-corrected chi connectivity index (χ1v) is 7.75. The molecule has 2 aromatic rings. The van der Waals surface area contributed by atoms with Gasteiger partial charge in [0.1, 0.15) is 11.6 Å². The summed E-state index contributed by atoms with van der Waals surface area (Å²) >= 11 is 6.70. The lowest BCUT2D eigenvalue weighted by molar-refractivity contribution is 0.102. The molecule has 110 valence electrons. The van der Waals surface area contributed by atoms with E-state index in [0.717, 1.165) is 21.2 Å². The van der Waals surface area contributed by atoms with E-state index in [2.05, 4.69) is 47.5 Å². The molecular weight excluding hydrogens is 405 g/mol. The number of rotatable bonds is 4. The van der Waals surface area contributed by atoms with E-state index < -0.39 is 11.7 Å². The average Bonchev–Trinajstić information content (AvgIpc) is 2.44. The second kappa shape index (κ2) is 7.00. The molecule has 0 saturated heterocycles. The van der Waals surface area contributed by atoms with Crippen LogP contribution in [-0.2, 0) is 0 Å². The fourth-order valence-electron chi connectivity index (χ4n) is 1.70. The van der Waals surface area contributed by atoms with Gasteiger partial charge in [0.2, 0.25) is 0 Å². The molecule has 0 aliphatic rings. The highest BCUT2D eigenvalue weighted by atomic mass is 79.9. The molecule has 1 aromatic carbocycles. The summed E-state index contributed by atoms with van der Waals surface area (Å²) in [7, 11) is 0. The highest BCUT2D eigenvalue weighted by molar-refractivity contribution is 9.11. The van der Waals surface area contributed by atoms with Crippen LogP contribution in [0.4, 0.5) is 15.9 Å². The zero-order chi connectivity index (χ0) is 15.4. The fourth-order valence-corrected chi connectivity index (χ4v) is 2.85. The van der Waals surface area contributed by atoms with Crippen molar-refractivity contribution >= 4 is 49.3 Å². The first-order chi connectivity index (χ1) is 10.0. The minimum atomic E-state index is -0.559. The van der Waals surface area contributed by atoms with Crippen molar-refractivity contribution in [3.05, 3.63) is 50.8 Å². The Morgan fingerprint density at radius 2 is 2.10 bits per heavy atom. The molecular formula is C14H12Br2FN3O. The van der Waals surface area contributed by atoms with Crippen molar-refractivity contribution in [3.8, 4) is 0 Å². The molecule has 4 nitrogen and oxygen atoms in total. The minimum Gasteiger partial charge on any atom is -0.370 e. The number of benzene rings is 1. The van der Waals surface area contributed by atoms with Crippen LogP contribution >= 0.6 is 31.9 Å². The van der Waals surface area contributed by atoms with E-state index in [1.807, 2.05) is 13.0 Å². The third kappa shape index (κ3) is 4.01. The van der Waals surface area contributed by atoms with Crippen LogP contribution in [0.15, 0.2) is 39.4 Å². The van der Waals surface area contributed by atoms with Gasteiger partial charge >= 0.3 is 0 Å². The van der Waals surface area contributed by atoms with Crippen molar-refractivity contribution in [1.29, 1.82) is 0 Å². The number of carbonyl (C=O) groups is 1. The van der Waals surface area contributed by atoms with Gasteiger partial charge in [0, 0.05) is 15.5 Å². The second-order valence-electron chi connectivity index (χ2n) is 4.16. The van der Waals surface area contributed by atoms with Crippen molar-refractivity contribution < 1.29 is 9.18 Å². The maximum atomic E-state index is 13.3. The van der Waals surface area contributed by atoms with Crippen LogP contribution < -0.4 is 10.6 Å². The molecule has 0 bridgehead atoms. The molecule has 0 aliphatic heterocycles. The van der Waals surface area contributed by atoms with Crippen LogP contribution in [0.1, 0.15) is 17.3 Å². The second-order valence-corrected chi connectivity index (χ2v) is 5.93. The van der Waals surface area contributed by atoms with Crippen LogP contribution in [0.3, 0.4) is 0 Å². The molecule has 0 radical (unpaired) electrons. The van der Waals surface area contributed by atoms with Crippen molar-refractivity contribution in [3.63, 3.8) is 0 Å². The molecule has 1 amide bonds. The summed E-state index contributed by atoms with van der Waals surface area (Å²) in [5.74, 6) is -0.637. The predicted molar refractivity (Wildman–Crippen MR) is 88.2 cm³/mol. The first-order valence-electron chi connectivity index (χ1n) is 6.17. The van der Waals surface area contributed by atoms with Gasteiger partial charge in [-0.3, -0.25) is 4.79 Å². The number of nitrogens with zero attached hydrogens (tertiary/aromatic N) is 1. The number of hydrogen-bond donors (Lipinski definition) is 2. The number of pyridine rings is 1. The molecule has 2 rings (SSSR count). The van der Waals surface area contributed by atoms with E-state index in [9.17, 15) is 9.18 Å². The Kier molecular flexibility index (Phi) is 5.30. The Morgan fingerprint density at radius 1 is 1.33 bits per heavy atom. The molecule has 0 fully saturated rings. The van der Waals surface area contributed by atoms with Crippen molar-refractivity contribution in [1.82, 2.24) is 4.98 Å². The molecule has 0 saturated carbocycles. The van der Waals surface area contributed by atoms with Gasteiger partial charge in [-0.25, -0.2) is 9.37 Å². The van der Waals surface area contributed by atoms with E-state index in [0.29, 0.717) is 18.1 Å². The Balaban J connectivity index is 2.29. The summed E-state index contributed by atoms with van der Waals surface area (Å²) in [4.78, 5) is 16.2. The van der Waals surface area contributed by atoms with Crippen LogP contribution in [0.5, 0.6) is 0 Å². The maximum absolute atomic E-state index is 13.3. The average molecular weight is 417 g/mol. The number of hydrogen-bond acceptors (Lipinski definition) is 3. The van der Waals surface area contributed by atoms with E-state index in [1.165, 1.54) is 0 Å². The monoisotopic (exact) mass is 415 g/mol. The topological polar surface area (TPSA) is 54.0 Å². The van der Waals surface area contributed by atoms with Gasteiger partial charge in [-0.1, -0.05) is 15.9 Å². The van der Waals surface area contributed by atoms with Crippen molar-refractivity contribution in [2.75, 3.05) is 17.2 Å². The smallest absolute Gasteiger partial charge is 0.259 e. The van der Waals surface area contributed by atoms with E-state index >= 15 is 0 Å². The molecule has 21 heavy (non-hydrogen) atoms. The maximum Gasteiger partial charge on any atom is 0.259 e. The molecule has 0 atom stereocenters. The predicted octanol–water partition coefficient (Wildman–Crippen LogP) is 4.43. The summed E-state index contributed by atoms with van der Waals surface area (Å²) in [5.41, 5.74) is 0.751. The number of nitrogens with one attached hydrogen (secondary N) is 2. The Labute approximate surface area is 138 Å². The van der Waals surface area contributed by atoms with Crippen LogP contribution in [0.25, 0.3) is 0 Å².